The number of hydrogen-bond donors (Lipinski definition) is 2. The SMILES string of the molecule is CC(C)(c1ccc(F)c(Cl)c1)C(N)CO. The molecular weight excluding hydrogens is 217 g/mol. The molecule has 0 aromatic heterocycles. The summed E-state index contributed by atoms with van der Waals surface area (Å²) in [6, 6.07) is 4.09. The van der Waals surface area contributed by atoms with Crippen molar-refractivity contribution in [2.75, 3.05) is 6.61 Å². The summed E-state index contributed by atoms with van der Waals surface area (Å²) in [5.41, 5.74) is 6.16. The first-order chi connectivity index (χ1) is 6.89. The highest BCUT2D eigenvalue weighted by atomic mass is 35.5. The van der Waals surface area contributed by atoms with Crippen LogP contribution in [0.2, 0.25) is 5.02 Å². The Morgan fingerprint density at radius 1 is 1.53 bits per heavy atom. The molecule has 0 saturated carbocycles. The number of halogens is 2. The molecule has 1 unspecified atom stereocenters. The molecule has 0 spiro atoms. The zero-order valence-corrected chi connectivity index (χ0v) is 9.55. The Morgan fingerprint density at radius 3 is 2.60 bits per heavy atom. The lowest BCUT2D eigenvalue weighted by atomic mass is 9.78. The van der Waals surface area contributed by atoms with Crippen LogP contribution in [0.5, 0.6) is 0 Å². The molecule has 0 aliphatic rings. The van der Waals surface area contributed by atoms with Crippen LogP contribution in [0.1, 0.15) is 19.4 Å². The highest BCUT2D eigenvalue weighted by Gasteiger charge is 2.28. The van der Waals surface area contributed by atoms with Crippen LogP contribution in [0.25, 0.3) is 0 Å². The third-order valence-corrected chi connectivity index (χ3v) is 3.08. The average molecular weight is 232 g/mol. The Morgan fingerprint density at radius 2 is 2.13 bits per heavy atom. The molecule has 1 aromatic rings. The van der Waals surface area contributed by atoms with Gasteiger partial charge in [-0.3, -0.25) is 0 Å². The summed E-state index contributed by atoms with van der Waals surface area (Å²) >= 11 is 5.69. The lowest BCUT2D eigenvalue weighted by molar-refractivity contribution is 0.220. The van der Waals surface area contributed by atoms with E-state index in [0.29, 0.717) is 0 Å². The van der Waals surface area contributed by atoms with Crippen LogP contribution in [-0.2, 0) is 5.41 Å². The van der Waals surface area contributed by atoms with Crippen LogP contribution in [0, 0.1) is 5.82 Å². The van der Waals surface area contributed by atoms with Crippen molar-refractivity contribution >= 4 is 11.6 Å². The van der Waals surface area contributed by atoms with Gasteiger partial charge in [-0.1, -0.05) is 31.5 Å². The van der Waals surface area contributed by atoms with Crippen LogP contribution >= 0.6 is 11.6 Å². The monoisotopic (exact) mass is 231 g/mol. The van der Waals surface area contributed by atoms with Crippen molar-refractivity contribution in [3.8, 4) is 0 Å². The third-order valence-electron chi connectivity index (χ3n) is 2.79. The van der Waals surface area contributed by atoms with Gasteiger partial charge in [0.2, 0.25) is 0 Å². The summed E-state index contributed by atoms with van der Waals surface area (Å²) in [4.78, 5) is 0. The Kier molecular flexibility index (Phi) is 3.71. The fourth-order valence-electron chi connectivity index (χ4n) is 1.34. The molecule has 4 heteroatoms. The summed E-state index contributed by atoms with van der Waals surface area (Å²) in [5, 5.41) is 9.10. The van der Waals surface area contributed by atoms with E-state index in [4.69, 9.17) is 22.4 Å². The number of benzene rings is 1. The molecule has 84 valence electrons. The van der Waals surface area contributed by atoms with Crippen molar-refractivity contribution in [3.63, 3.8) is 0 Å². The maximum atomic E-state index is 13.0. The van der Waals surface area contributed by atoms with Gasteiger partial charge in [-0.25, -0.2) is 4.39 Å². The molecule has 0 amide bonds. The maximum Gasteiger partial charge on any atom is 0.141 e. The highest BCUT2D eigenvalue weighted by molar-refractivity contribution is 6.30. The Bertz CT molecular complexity index is 354. The second-order valence-electron chi connectivity index (χ2n) is 4.14. The summed E-state index contributed by atoms with van der Waals surface area (Å²) in [6.07, 6.45) is 0. The molecule has 3 N–H and O–H groups in total. The molecule has 0 aliphatic carbocycles. The standard InChI is InChI=1S/C11H15ClFNO/c1-11(2,10(14)6-15)7-3-4-9(13)8(12)5-7/h3-5,10,15H,6,14H2,1-2H3. The molecule has 0 aliphatic heterocycles. The highest BCUT2D eigenvalue weighted by Crippen LogP contribution is 2.29. The lowest BCUT2D eigenvalue weighted by Crippen LogP contribution is -2.43. The quantitative estimate of drug-likeness (QED) is 0.837. The molecule has 0 radical (unpaired) electrons. The maximum absolute atomic E-state index is 13.0. The van der Waals surface area contributed by atoms with Crippen molar-refractivity contribution in [2.24, 2.45) is 5.73 Å². The first-order valence-electron chi connectivity index (χ1n) is 4.71. The van der Waals surface area contributed by atoms with Crippen molar-refractivity contribution in [1.82, 2.24) is 0 Å². The predicted octanol–water partition coefficient (Wildman–Crippen LogP) is 2.08. The van der Waals surface area contributed by atoms with Gasteiger partial charge in [-0.15, -0.1) is 0 Å². The lowest BCUT2D eigenvalue weighted by Gasteiger charge is -2.31. The van der Waals surface area contributed by atoms with Crippen LogP contribution in [0.3, 0.4) is 0 Å². The van der Waals surface area contributed by atoms with Crippen LogP contribution in [-0.4, -0.2) is 17.8 Å². The largest absolute Gasteiger partial charge is 0.395 e. The molecule has 1 aromatic carbocycles. The Hall–Kier alpha value is -0.640. The van der Waals surface area contributed by atoms with Gasteiger partial charge in [0.1, 0.15) is 5.82 Å². The molecule has 0 saturated heterocycles. The molecule has 0 bridgehead atoms. The van der Waals surface area contributed by atoms with Crippen molar-refractivity contribution in [2.45, 2.75) is 25.3 Å². The third kappa shape index (κ3) is 2.48. The minimum absolute atomic E-state index is 0.0747. The summed E-state index contributed by atoms with van der Waals surface area (Å²) in [5.74, 6) is -0.450. The number of nitrogens with two attached hydrogens (primary N) is 1. The normalized spacial score (nSPS) is 14.0. The van der Waals surface area contributed by atoms with Crippen LogP contribution < -0.4 is 5.73 Å². The summed E-state index contributed by atoms with van der Waals surface area (Å²) in [7, 11) is 0. The van der Waals surface area contributed by atoms with Gasteiger partial charge >= 0.3 is 0 Å². The van der Waals surface area contributed by atoms with E-state index in [1.165, 1.54) is 6.07 Å². The van der Waals surface area contributed by atoms with E-state index in [1.807, 2.05) is 13.8 Å². The molecule has 0 fully saturated rings. The number of aliphatic hydroxyl groups excluding tert-OH is 1. The van der Waals surface area contributed by atoms with Gasteiger partial charge in [-0.05, 0) is 17.7 Å². The fraction of sp³-hybridized carbons (Fsp3) is 0.455. The first-order valence-corrected chi connectivity index (χ1v) is 5.09. The molecule has 15 heavy (non-hydrogen) atoms. The first kappa shape index (κ1) is 12.4. The predicted molar refractivity (Wildman–Crippen MR) is 59.5 cm³/mol. The van der Waals surface area contributed by atoms with Crippen molar-refractivity contribution in [3.05, 3.63) is 34.6 Å². The zero-order chi connectivity index (χ0) is 11.6. The topological polar surface area (TPSA) is 46.2 Å². The summed E-state index contributed by atoms with van der Waals surface area (Å²) < 4.78 is 13.0. The van der Waals surface area contributed by atoms with Gasteiger partial charge < -0.3 is 10.8 Å². The number of aliphatic hydroxyl groups is 1. The molecule has 1 atom stereocenters. The van der Waals surface area contributed by atoms with E-state index >= 15 is 0 Å². The smallest absolute Gasteiger partial charge is 0.141 e. The fourth-order valence-corrected chi connectivity index (χ4v) is 1.52. The van der Waals surface area contributed by atoms with E-state index in [1.54, 1.807) is 12.1 Å². The average Bonchev–Trinajstić information content (AvgIpc) is 2.20. The summed E-state index contributed by atoms with van der Waals surface area (Å²) in [6.45, 7) is 3.65. The number of rotatable bonds is 3. The Balaban J connectivity index is 3.10. The zero-order valence-electron chi connectivity index (χ0n) is 8.80. The van der Waals surface area contributed by atoms with E-state index in [2.05, 4.69) is 0 Å². The number of hydrogen-bond acceptors (Lipinski definition) is 2. The van der Waals surface area contributed by atoms with Gasteiger partial charge in [-0.2, -0.15) is 0 Å². The van der Waals surface area contributed by atoms with Gasteiger partial charge in [0, 0.05) is 11.5 Å². The van der Waals surface area contributed by atoms with E-state index < -0.39 is 17.3 Å². The van der Waals surface area contributed by atoms with E-state index in [9.17, 15) is 4.39 Å². The van der Waals surface area contributed by atoms with Crippen molar-refractivity contribution < 1.29 is 9.50 Å². The van der Waals surface area contributed by atoms with Crippen LogP contribution in [0.15, 0.2) is 18.2 Å². The Labute approximate surface area is 93.9 Å². The van der Waals surface area contributed by atoms with E-state index in [0.717, 1.165) is 5.56 Å². The van der Waals surface area contributed by atoms with Crippen LogP contribution in [0.4, 0.5) is 4.39 Å². The van der Waals surface area contributed by atoms with E-state index in [-0.39, 0.29) is 11.6 Å². The minimum Gasteiger partial charge on any atom is -0.395 e. The molecule has 2 nitrogen and oxygen atoms in total. The second-order valence-corrected chi connectivity index (χ2v) is 4.55. The minimum atomic E-state index is -0.450. The molecular formula is C11H15ClFNO. The molecule has 0 heterocycles. The van der Waals surface area contributed by atoms with Gasteiger partial charge in [0.15, 0.2) is 0 Å². The molecule has 1 rings (SSSR count). The second kappa shape index (κ2) is 4.47. The van der Waals surface area contributed by atoms with Crippen molar-refractivity contribution in [1.29, 1.82) is 0 Å². The van der Waals surface area contributed by atoms with Gasteiger partial charge in [0.25, 0.3) is 0 Å². The van der Waals surface area contributed by atoms with Gasteiger partial charge in [0.05, 0.1) is 11.6 Å².